The molecule has 1 aliphatic rings. The van der Waals surface area contributed by atoms with Gasteiger partial charge in [-0.05, 0) is 32.0 Å². The number of Topliss-reactive ketones (excluding diaryl/α,β-unsaturated/α-hetero) is 1. The predicted octanol–water partition coefficient (Wildman–Crippen LogP) is 2.86. The second-order valence-electron chi connectivity index (χ2n) is 6.08. The lowest BCUT2D eigenvalue weighted by Gasteiger charge is -2.24. The number of aryl methyl sites for hydroxylation is 1. The molecule has 1 atom stereocenters. The Balaban J connectivity index is 1.61. The minimum Gasteiger partial charge on any atom is -0.485 e. The number of para-hydroxylation sites is 2. The van der Waals surface area contributed by atoms with Crippen LogP contribution in [-0.4, -0.2) is 35.6 Å². The van der Waals surface area contributed by atoms with Crippen LogP contribution in [0.3, 0.4) is 0 Å². The van der Waals surface area contributed by atoms with E-state index in [9.17, 15) is 9.59 Å². The summed E-state index contributed by atoms with van der Waals surface area (Å²) in [5.74, 6) is 0.203. The summed E-state index contributed by atoms with van der Waals surface area (Å²) in [5.41, 5.74) is 2.33. The Hall–Kier alpha value is -3.02. The van der Waals surface area contributed by atoms with Crippen molar-refractivity contribution in [1.29, 1.82) is 0 Å². The van der Waals surface area contributed by atoms with E-state index in [1.54, 1.807) is 30.3 Å². The number of carbonyl (C=O) groups excluding carboxylic acids is 2. The van der Waals surface area contributed by atoms with E-state index >= 15 is 0 Å². The molecule has 1 aliphatic heterocycles. The fraction of sp³-hybridized carbons (Fsp3) is 0.300. The summed E-state index contributed by atoms with van der Waals surface area (Å²) < 4.78 is 18.2. The Morgan fingerprint density at radius 2 is 2.04 bits per heavy atom. The van der Waals surface area contributed by atoms with E-state index in [0.29, 0.717) is 23.6 Å². The first-order valence-electron chi connectivity index (χ1n) is 8.37. The molecule has 0 spiro atoms. The highest BCUT2D eigenvalue weighted by atomic mass is 16.6. The van der Waals surface area contributed by atoms with Crippen molar-refractivity contribution >= 4 is 11.8 Å². The third-order valence-electron chi connectivity index (χ3n) is 4.30. The Kier molecular flexibility index (Phi) is 5.11. The molecule has 0 unspecified atom stereocenters. The summed E-state index contributed by atoms with van der Waals surface area (Å²) in [7, 11) is 0. The maximum absolute atomic E-state index is 12.4. The van der Waals surface area contributed by atoms with Crippen LogP contribution in [0, 0.1) is 13.8 Å². The number of hydrogen-bond donors (Lipinski definition) is 0. The molecule has 136 valence electrons. The third-order valence-corrected chi connectivity index (χ3v) is 4.30. The van der Waals surface area contributed by atoms with E-state index < -0.39 is 12.1 Å². The molecule has 0 saturated carbocycles. The highest BCUT2D eigenvalue weighted by Crippen LogP contribution is 2.31. The van der Waals surface area contributed by atoms with Crippen molar-refractivity contribution in [2.75, 3.05) is 13.2 Å². The van der Waals surface area contributed by atoms with E-state index in [2.05, 4.69) is 6.58 Å². The van der Waals surface area contributed by atoms with E-state index in [1.807, 2.05) is 24.5 Å². The average molecular weight is 355 g/mol. The molecule has 26 heavy (non-hydrogen) atoms. The number of nitrogens with zero attached hydrogens (tertiary/aromatic N) is 1. The first-order chi connectivity index (χ1) is 12.5. The molecule has 0 aliphatic carbocycles. The van der Waals surface area contributed by atoms with Gasteiger partial charge in [-0.3, -0.25) is 4.79 Å². The molecule has 3 rings (SSSR count). The molecule has 1 aromatic carbocycles. The molecule has 0 fully saturated rings. The van der Waals surface area contributed by atoms with E-state index in [0.717, 1.165) is 11.4 Å². The monoisotopic (exact) mass is 355 g/mol. The number of ketones is 1. The zero-order chi connectivity index (χ0) is 18.7. The Bertz CT molecular complexity index is 852. The van der Waals surface area contributed by atoms with Gasteiger partial charge < -0.3 is 18.8 Å². The fourth-order valence-corrected chi connectivity index (χ4v) is 2.94. The standard InChI is InChI=1S/C20H21NO5/c1-4-9-21-13(2)10-15(14(21)3)16(22)11-25-20(23)19-12-24-17-7-5-6-8-18(17)26-19/h4-8,10,19H,1,9,11-12H2,2-3H3/t19-/m1/s1. The second kappa shape index (κ2) is 7.47. The van der Waals surface area contributed by atoms with Crippen LogP contribution in [0.4, 0.5) is 0 Å². The quantitative estimate of drug-likeness (QED) is 0.453. The molecule has 2 heterocycles. The lowest BCUT2D eigenvalue weighted by molar-refractivity contribution is -0.153. The van der Waals surface area contributed by atoms with Gasteiger partial charge in [-0.15, -0.1) is 6.58 Å². The highest BCUT2D eigenvalue weighted by Gasteiger charge is 2.29. The van der Waals surface area contributed by atoms with Gasteiger partial charge in [0.25, 0.3) is 0 Å². The van der Waals surface area contributed by atoms with Gasteiger partial charge in [-0.2, -0.15) is 0 Å². The van der Waals surface area contributed by atoms with Crippen LogP contribution in [0.5, 0.6) is 11.5 Å². The predicted molar refractivity (Wildman–Crippen MR) is 95.7 cm³/mol. The maximum Gasteiger partial charge on any atom is 0.351 e. The van der Waals surface area contributed by atoms with Crippen LogP contribution in [0.2, 0.25) is 0 Å². The third kappa shape index (κ3) is 3.49. The van der Waals surface area contributed by atoms with Gasteiger partial charge >= 0.3 is 5.97 Å². The molecule has 0 amide bonds. The summed E-state index contributed by atoms with van der Waals surface area (Å²) in [5, 5.41) is 0. The summed E-state index contributed by atoms with van der Waals surface area (Å²) >= 11 is 0. The van der Waals surface area contributed by atoms with Crippen molar-refractivity contribution in [3.05, 3.63) is 59.9 Å². The number of hydrogen-bond acceptors (Lipinski definition) is 5. The maximum atomic E-state index is 12.4. The minimum absolute atomic E-state index is 0.0535. The van der Waals surface area contributed by atoms with Crippen molar-refractivity contribution in [3.8, 4) is 11.5 Å². The van der Waals surface area contributed by atoms with Gasteiger partial charge in [0, 0.05) is 23.5 Å². The normalized spacial score (nSPS) is 15.4. The summed E-state index contributed by atoms with van der Waals surface area (Å²) in [4.78, 5) is 24.6. The van der Waals surface area contributed by atoms with Crippen LogP contribution in [0.25, 0.3) is 0 Å². The van der Waals surface area contributed by atoms with Crippen LogP contribution in [0.1, 0.15) is 21.7 Å². The molecular formula is C20H21NO5. The number of carbonyl (C=O) groups is 2. The molecule has 0 bridgehead atoms. The second-order valence-corrected chi connectivity index (χ2v) is 6.08. The Morgan fingerprint density at radius 3 is 2.77 bits per heavy atom. The molecule has 0 radical (unpaired) electrons. The summed E-state index contributed by atoms with van der Waals surface area (Å²) in [6.07, 6.45) is 0.887. The summed E-state index contributed by atoms with van der Waals surface area (Å²) in [6, 6.07) is 8.89. The van der Waals surface area contributed by atoms with Gasteiger partial charge in [0.1, 0.15) is 6.61 Å². The number of fused-ring (bicyclic) bond motifs is 1. The van der Waals surface area contributed by atoms with Crippen molar-refractivity contribution < 1.29 is 23.8 Å². The number of aromatic nitrogens is 1. The van der Waals surface area contributed by atoms with Crippen LogP contribution < -0.4 is 9.47 Å². The van der Waals surface area contributed by atoms with Crippen LogP contribution in [0.15, 0.2) is 43.0 Å². The van der Waals surface area contributed by atoms with E-state index in [1.165, 1.54) is 0 Å². The summed E-state index contributed by atoms with van der Waals surface area (Å²) in [6.45, 7) is 7.84. The zero-order valence-electron chi connectivity index (χ0n) is 14.9. The highest BCUT2D eigenvalue weighted by molar-refractivity contribution is 5.99. The zero-order valence-corrected chi connectivity index (χ0v) is 14.9. The molecule has 0 saturated heterocycles. The van der Waals surface area contributed by atoms with Crippen molar-refractivity contribution in [3.63, 3.8) is 0 Å². The van der Waals surface area contributed by atoms with Crippen molar-refractivity contribution in [2.24, 2.45) is 0 Å². The first kappa shape index (κ1) is 17.8. The number of ether oxygens (including phenoxy) is 3. The molecule has 1 aromatic heterocycles. The number of benzene rings is 1. The number of rotatable bonds is 6. The smallest absolute Gasteiger partial charge is 0.351 e. The molecule has 2 aromatic rings. The average Bonchev–Trinajstić information content (AvgIpc) is 2.94. The molecule has 6 nitrogen and oxygen atoms in total. The Labute approximate surface area is 152 Å². The van der Waals surface area contributed by atoms with Gasteiger partial charge in [-0.1, -0.05) is 18.2 Å². The van der Waals surface area contributed by atoms with Crippen molar-refractivity contribution in [2.45, 2.75) is 26.5 Å². The topological polar surface area (TPSA) is 66.8 Å². The van der Waals surface area contributed by atoms with E-state index in [-0.39, 0.29) is 19.0 Å². The molecular weight excluding hydrogens is 334 g/mol. The molecule has 6 heteroatoms. The van der Waals surface area contributed by atoms with Crippen LogP contribution in [-0.2, 0) is 16.1 Å². The lowest BCUT2D eigenvalue weighted by Crippen LogP contribution is -2.38. The van der Waals surface area contributed by atoms with Gasteiger partial charge in [-0.25, -0.2) is 4.79 Å². The van der Waals surface area contributed by atoms with Gasteiger partial charge in [0.05, 0.1) is 0 Å². The van der Waals surface area contributed by atoms with Gasteiger partial charge in [0.15, 0.2) is 18.1 Å². The number of esters is 1. The lowest BCUT2D eigenvalue weighted by atomic mass is 10.1. The largest absolute Gasteiger partial charge is 0.485 e. The fourth-order valence-electron chi connectivity index (χ4n) is 2.94. The van der Waals surface area contributed by atoms with Gasteiger partial charge in [0.2, 0.25) is 11.9 Å². The van der Waals surface area contributed by atoms with E-state index in [4.69, 9.17) is 14.2 Å². The number of allylic oxidation sites excluding steroid dienone is 1. The molecule has 0 N–H and O–H groups in total. The van der Waals surface area contributed by atoms with Crippen molar-refractivity contribution in [1.82, 2.24) is 4.57 Å². The SMILES string of the molecule is C=CCn1c(C)cc(C(=O)COC(=O)[C@H]2COc3ccccc3O2)c1C. The minimum atomic E-state index is -0.883. The first-order valence-corrected chi connectivity index (χ1v) is 8.37. The van der Waals surface area contributed by atoms with Crippen LogP contribution >= 0.6 is 0 Å². The Morgan fingerprint density at radius 1 is 1.31 bits per heavy atom.